The zero-order valence-corrected chi connectivity index (χ0v) is 16.7. The summed E-state index contributed by atoms with van der Waals surface area (Å²) >= 11 is 1.56. The Hall–Kier alpha value is -3.26. The number of hydrogen-bond donors (Lipinski definition) is 2. The number of guanidine groups is 1. The summed E-state index contributed by atoms with van der Waals surface area (Å²) in [5.41, 5.74) is 8.58. The first-order valence-electron chi connectivity index (χ1n) is 8.50. The van der Waals surface area contributed by atoms with Crippen LogP contribution in [0.1, 0.15) is 5.69 Å². The molecule has 0 atom stereocenters. The minimum Gasteiger partial charge on any atom is -0.497 e. The molecule has 0 bridgehead atoms. The predicted molar refractivity (Wildman–Crippen MR) is 113 cm³/mol. The SMILES string of the molecule is COc1ccc(-c2nc(CN=C(N)Nc3cc(OC)ccc3OC)cs2)cc1. The van der Waals surface area contributed by atoms with Crippen molar-refractivity contribution < 1.29 is 14.2 Å². The number of methoxy groups -OCH3 is 3. The lowest BCUT2D eigenvalue weighted by Crippen LogP contribution is -2.23. The minimum absolute atomic E-state index is 0.269. The highest BCUT2D eigenvalue weighted by Gasteiger charge is 2.08. The van der Waals surface area contributed by atoms with Crippen LogP contribution in [0, 0.1) is 0 Å². The molecule has 0 aliphatic rings. The van der Waals surface area contributed by atoms with Gasteiger partial charge in [-0.05, 0) is 36.4 Å². The number of aliphatic imine (C=N–C) groups is 1. The number of nitrogens with zero attached hydrogens (tertiary/aromatic N) is 2. The number of nitrogens with one attached hydrogen (secondary N) is 1. The third kappa shape index (κ3) is 4.72. The normalized spacial score (nSPS) is 11.2. The van der Waals surface area contributed by atoms with Crippen molar-refractivity contribution in [1.82, 2.24) is 4.98 Å². The summed E-state index contributed by atoms with van der Waals surface area (Å²) in [7, 11) is 4.84. The summed E-state index contributed by atoms with van der Waals surface area (Å²) in [6.07, 6.45) is 0. The summed E-state index contributed by atoms with van der Waals surface area (Å²) in [6, 6.07) is 13.2. The monoisotopic (exact) mass is 398 g/mol. The highest BCUT2D eigenvalue weighted by Crippen LogP contribution is 2.29. The van der Waals surface area contributed by atoms with Crippen LogP contribution in [0.2, 0.25) is 0 Å². The molecule has 146 valence electrons. The van der Waals surface area contributed by atoms with Gasteiger partial charge in [-0.25, -0.2) is 9.98 Å². The van der Waals surface area contributed by atoms with E-state index in [9.17, 15) is 0 Å². The second-order valence-electron chi connectivity index (χ2n) is 5.77. The first-order chi connectivity index (χ1) is 13.6. The number of ether oxygens (including phenoxy) is 3. The molecule has 0 amide bonds. The van der Waals surface area contributed by atoms with E-state index in [4.69, 9.17) is 19.9 Å². The second kappa shape index (κ2) is 9.09. The lowest BCUT2D eigenvalue weighted by atomic mass is 10.2. The summed E-state index contributed by atoms with van der Waals surface area (Å²) in [6.45, 7) is 0.373. The van der Waals surface area contributed by atoms with E-state index < -0.39 is 0 Å². The smallest absolute Gasteiger partial charge is 0.193 e. The Kier molecular flexibility index (Phi) is 6.33. The topological polar surface area (TPSA) is 91.0 Å². The largest absolute Gasteiger partial charge is 0.497 e. The Morgan fingerprint density at radius 3 is 2.43 bits per heavy atom. The van der Waals surface area contributed by atoms with Gasteiger partial charge in [0.15, 0.2) is 5.96 Å². The van der Waals surface area contributed by atoms with Crippen LogP contribution < -0.4 is 25.3 Å². The molecule has 1 aromatic heterocycles. The zero-order valence-electron chi connectivity index (χ0n) is 15.9. The van der Waals surface area contributed by atoms with E-state index in [-0.39, 0.29) is 5.96 Å². The molecular formula is C20H22N4O3S. The van der Waals surface area contributed by atoms with Crippen molar-refractivity contribution in [2.75, 3.05) is 26.6 Å². The van der Waals surface area contributed by atoms with Crippen LogP contribution in [0.5, 0.6) is 17.2 Å². The lowest BCUT2D eigenvalue weighted by Gasteiger charge is -2.12. The van der Waals surface area contributed by atoms with Crippen molar-refractivity contribution in [3.63, 3.8) is 0 Å². The highest BCUT2D eigenvalue weighted by molar-refractivity contribution is 7.13. The summed E-state index contributed by atoms with van der Waals surface area (Å²) in [5, 5.41) is 5.94. The highest BCUT2D eigenvalue weighted by atomic mass is 32.1. The van der Waals surface area contributed by atoms with Gasteiger partial charge in [0, 0.05) is 17.0 Å². The predicted octanol–water partition coefficient (Wildman–Crippen LogP) is 3.76. The molecular weight excluding hydrogens is 376 g/mol. The van der Waals surface area contributed by atoms with Crippen LogP contribution in [-0.4, -0.2) is 32.3 Å². The van der Waals surface area contributed by atoms with Gasteiger partial charge in [0.1, 0.15) is 22.3 Å². The Balaban J connectivity index is 1.67. The fraction of sp³-hybridized carbons (Fsp3) is 0.200. The third-order valence-electron chi connectivity index (χ3n) is 3.97. The number of anilines is 1. The average molecular weight is 398 g/mol. The number of rotatable bonds is 7. The summed E-state index contributed by atoms with van der Waals surface area (Å²) in [5.74, 6) is 2.43. The number of hydrogen-bond acceptors (Lipinski definition) is 6. The molecule has 0 aliphatic heterocycles. The fourth-order valence-electron chi connectivity index (χ4n) is 2.50. The number of aromatic nitrogens is 1. The Morgan fingerprint density at radius 1 is 1.04 bits per heavy atom. The van der Waals surface area contributed by atoms with E-state index in [1.807, 2.05) is 35.7 Å². The van der Waals surface area contributed by atoms with Crippen molar-refractivity contribution in [3.8, 4) is 27.8 Å². The molecule has 1 heterocycles. The van der Waals surface area contributed by atoms with E-state index in [2.05, 4.69) is 15.3 Å². The number of thiazole rings is 1. The van der Waals surface area contributed by atoms with Crippen LogP contribution in [0.15, 0.2) is 52.8 Å². The molecule has 0 saturated heterocycles. The van der Waals surface area contributed by atoms with Crippen molar-refractivity contribution in [1.29, 1.82) is 0 Å². The van der Waals surface area contributed by atoms with Gasteiger partial charge in [0.05, 0.1) is 39.3 Å². The van der Waals surface area contributed by atoms with Gasteiger partial charge in [-0.15, -0.1) is 11.3 Å². The molecule has 7 nitrogen and oxygen atoms in total. The van der Waals surface area contributed by atoms with Gasteiger partial charge >= 0.3 is 0 Å². The molecule has 0 fully saturated rings. The molecule has 8 heteroatoms. The van der Waals surface area contributed by atoms with E-state index >= 15 is 0 Å². The molecule has 0 aliphatic carbocycles. The number of nitrogens with two attached hydrogens (primary N) is 1. The van der Waals surface area contributed by atoms with E-state index in [1.165, 1.54) is 0 Å². The third-order valence-corrected chi connectivity index (χ3v) is 4.91. The zero-order chi connectivity index (χ0) is 19.9. The van der Waals surface area contributed by atoms with Gasteiger partial charge in [0.25, 0.3) is 0 Å². The molecule has 0 saturated carbocycles. The maximum atomic E-state index is 6.02. The molecule has 3 aromatic rings. The van der Waals surface area contributed by atoms with E-state index in [1.54, 1.807) is 44.8 Å². The number of benzene rings is 2. The molecule has 3 N–H and O–H groups in total. The molecule has 28 heavy (non-hydrogen) atoms. The molecule has 0 unspecified atom stereocenters. The van der Waals surface area contributed by atoms with E-state index in [0.29, 0.717) is 23.7 Å². The van der Waals surface area contributed by atoms with Gasteiger partial charge in [-0.3, -0.25) is 0 Å². The van der Waals surface area contributed by atoms with Gasteiger partial charge in [-0.2, -0.15) is 0 Å². The molecule has 0 radical (unpaired) electrons. The minimum atomic E-state index is 0.269. The van der Waals surface area contributed by atoms with Gasteiger partial charge in [0.2, 0.25) is 0 Å². The van der Waals surface area contributed by atoms with Crippen LogP contribution in [0.25, 0.3) is 10.6 Å². The first kappa shape index (κ1) is 19.5. The van der Waals surface area contributed by atoms with Crippen molar-refractivity contribution in [2.45, 2.75) is 6.54 Å². The van der Waals surface area contributed by atoms with Crippen LogP contribution in [0.4, 0.5) is 5.69 Å². The van der Waals surface area contributed by atoms with Crippen molar-refractivity contribution in [3.05, 3.63) is 53.5 Å². The summed E-state index contributed by atoms with van der Waals surface area (Å²) < 4.78 is 15.7. The van der Waals surface area contributed by atoms with Crippen molar-refractivity contribution in [2.24, 2.45) is 10.7 Å². The Bertz CT molecular complexity index is 954. The maximum absolute atomic E-state index is 6.02. The first-order valence-corrected chi connectivity index (χ1v) is 9.38. The molecule has 3 rings (SSSR count). The van der Waals surface area contributed by atoms with Crippen molar-refractivity contribution >= 4 is 23.0 Å². The van der Waals surface area contributed by atoms with Crippen LogP contribution >= 0.6 is 11.3 Å². The fourth-order valence-corrected chi connectivity index (χ4v) is 3.32. The Labute approximate surface area is 167 Å². The van der Waals surface area contributed by atoms with Gasteiger partial charge in [-0.1, -0.05) is 0 Å². The Morgan fingerprint density at radius 2 is 1.75 bits per heavy atom. The van der Waals surface area contributed by atoms with Crippen LogP contribution in [0.3, 0.4) is 0 Å². The second-order valence-corrected chi connectivity index (χ2v) is 6.62. The molecule has 2 aromatic carbocycles. The standard InChI is InChI=1S/C20H22N4O3S/c1-25-15-6-4-13(5-7-15)19-23-14(12-28-19)11-22-20(21)24-17-10-16(26-2)8-9-18(17)27-3/h4-10,12H,11H2,1-3H3,(H3,21,22,24). The quantitative estimate of drug-likeness (QED) is 0.465. The summed E-state index contributed by atoms with van der Waals surface area (Å²) in [4.78, 5) is 8.98. The van der Waals surface area contributed by atoms with Gasteiger partial charge < -0.3 is 25.3 Å². The molecule has 0 spiro atoms. The van der Waals surface area contributed by atoms with E-state index in [0.717, 1.165) is 22.0 Å². The average Bonchev–Trinajstić information content (AvgIpc) is 3.21. The lowest BCUT2D eigenvalue weighted by molar-refractivity contribution is 0.405. The maximum Gasteiger partial charge on any atom is 0.193 e. The van der Waals surface area contributed by atoms with Crippen LogP contribution in [-0.2, 0) is 6.54 Å².